The van der Waals surface area contributed by atoms with Crippen LogP contribution < -0.4 is 9.46 Å². The van der Waals surface area contributed by atoms with Gasteiger partial charge >= 0.3 is 0 Å². The average Bonchev–Trinajstić information content (AvgIpc) is 3.44. The lowest BCUT2D eigenvalue weighted by Gasteiger charge is -2.35. The Labute approximate surface area is 231 Å². The van der Waals surface area contributed by atoms with Gasteiger partial charge < -0.3 is 19.6 Å². The van der Waals surface area contributed by atoms with Crippen molar-refractivity contribution in [1.82, 2.24) is 9.80 Å². The molecule has 1 aliphatic heterocycles. The van der Waals surface area contributed by atoms with E-state index >= 15 is 0 Å². The quantitative estimate of drug-likeness (QED) is 0.474. The van der Waals surface area contributed by atoms with Crippen molar-refractivity contribution < 1.29 is 23.1 Å². The number of likely N-dealkylation sites (N-methyl/N-ethyl adjacent to an activating group) is 1. The SMILES string of the molecule is C[C@H](CO)N1C[C@H](C)[C@@H](CN(C)CC2CCCCC2)Oc2ccc(NS(=O)(=O)c3cccs3)cc2CC1=O. The van der Waals surface area contributed by atoms with Gasteiger partial charge in [0.2, 0.25) is 5.91 Å². The van der Waals surface area contributed by atoms with Gasteiger partial charge in [-0.05, 0) is 62.4 Å². The molecule has 1 saturated carbocycles. The minimum atomic E-state index is -3.72. The first kappa shape index (κ1) is 28.9. The summed E-state index contributed by atoms with van der Waals surface area (Å²) in [5, 5.41) is 11.6. The summed E-state index contributed by atoms with van der Waals surface area (Å²) in [6.07, 6.45) is 6.37. The largest absolute Gasteiger partial charge is 0.488 e. The third-order valence-electron chi connectivity index (χ3n) is 7.71. The highest BCUT2D eigenvalue weighted by molar-refractivity contribution is 7.94. The minimum Gasteiger partial charge on any atom is -0.488 e. The molecule has 2 N–H and O–H groups in total. The molecular weight excluding hydrogens is 522 g/mol. The molecular formula is C28H41N3O5S2. The predicted octanol–water partition coefficient (Wildman–Crippen LogP) is 4.21. The Morgan fingerprint density at radius 2 is 1.97 bits per heavy atom. The van der Waals surface area contributed by atoms with Gasteiger partial charge in [-0.1, -0.05) is 32.3 Å². The van der Waals surface area contributed by atoms with Crippen molar-refractivity contribution in [3.8, 4) is 5.75 Å². The van der Waals surface area contributed by atoms with Gasteiger partial charge in [-0.2, -0.15) is 0 Å². The molecule has 3 atom stereocenters. The zero-order valence-electron chi connectivity index (χ0n) is 22.6. The fraction of sp³-hybridized carbons (Fsp3) is 0.607. The van der Waals surface area contributed by atoms with Gasteiger partial charge in [0.25, 0.3) is 10.0 Å². The van der Waals surface area contributed by atoms with Crippen molar-refractivity contribution >= 4 is 33.0 Å². The van der Waals surface area contributed by atoms with Crippen LogP contribution in [0.25, 0.3) is 0 Å². The molecule has 0 spiro atoms. The van der Waals surface area contributed by atoms with Gasteiger partial charge in [-0.3, -0.25) is 9.52 Å². The highest BCUT2D eigenvalue weighted by Gasteiger charge is 2.31. The summed E-state index contributed by atoms with van der Waals surface area (Å²) in [6.45, 7) is 6.05. The smallest absolute Gasteiger partial charge is 0.271 e. The van der Waals surface area contributed by atoms with Crippen LogP contribution in [0.1, 0.15) is 51.5 Å². The first-order chi connectivity index (χ1) is 18.2. The van der Waals surface area contributed by atoms with Crippen molar-refractivity contribution in [1.29, 1.82) is 0 Å². The van der Waals surface area contributed by atoms with Crippen LogP contribution >= 0.6 is 11.3 Å². The zero-order chi connectivity index (χ0) is 27.3. The molecule has 1 fully saturated rings. The molecule has 1 aromatic heterocycles. The average molecular weight is 564 g/mol. The van der Waals surface area contributed by atoms with Crippen molar-refractivity contribution in [2.75, 3.05) is 38.0 Å². The van der Waals surface area contributed by atoms with Crippen LogP contribution in [0.2, 0.25) is 0 Å². The van der Waals surface area contributed by atoms with Crippen LogP contribution in [-0.2, 0) is 21.2 Å². The minimum absolute atomic E-state index is 0.0321. The van der Waals surface area contributed by atoms with E-state index < -0.39 is 10.0 Å². The van der Waals surface area contributed by atoms with E-state index in [-0.39, 0.29) is 41.2 Å². The maximum atomic E-state index is 13.4. The number of nitrogens with one attached hydrogen (secondary N) is 1. The van der Waals surface area contributed by atoms with Crippen molar-refractivity contribution in [2.24, 2.45) is 11.8 Å². The van der Waals surface area contributed by atoms with Crippen LogP contribution in [0.5, 0.6) is 5.75 Å². The van der Waals surface area contributed by atoms with E-state index in [0.29, 0.717) is 29.5 Å². The van der Waals surface area contributed by atoms with Gasteiger partial charge in [0, 0.05) is 36.8 Å². The molecule has 1 aliphatic carbocycles. The number of amides is 1. The Morgan fingerprint density at radius 1 is 1.21 bits per heavy atom. The molecule has 0 radical (unpaired) electrons. The number of thiophene rings is 1. The molecule has 2 heterocycles. The van der Waals surface area contributed by atoms with Gasteiger partial charge in [0.05, 0.1) is 19.1 Å². The number of nitrogens with zero attached hydrogens (tertiary/aromatic N) is 2. The highest BCUT2D eigenvalue weighted by atomic mass is 32.2. The lowest BCUT2D eigenvalue weighted by molar-refractivity contribution is -0.134. The van der Waals surface area contributed by atoms with E-state index in [9.17, 15) is 18.3 Å². The summed E-state index contributed by atoms with van der Waals surface area (Å²) in [4.78, 5) is 17.5. The molecule has 1 aromatic carbocycles. The Balaban J connectivity index is 1.59. The monoisotopic (exact) mass is 563 g/mol. The Kier molecular flexibility index (Phi) is 9.73. The van der Waals surface area contributed by atoms with E-state index in [2.05, 4.69) is 23.6 Å². The molecule has 2 aliphatic rings. The number of benzene rings is 1. The number of aliphatic hydroxyl groups excluding tert-OH is 1. The highest BCUT2D eigenvalue weighted by Crippen LogP contribution is 2.31. The fourth-order valence-corrected chi connectivity index (χ4v) is 7.57. The fourth-order valence-electron chi connectivity index (χ4n) is 5.52. The number of aliphatic hydroxyl groups is 1. The molecule has 0 bridgehead atoms. The number of hydrogen-bond acceptors (Lipinski definition) is 7. The number of ether oxygens (including phenoxy) is 1. The summed E-state index contributed by atoms with van der Waals surface area (Å²) in [5.41, 5.74) is 1.01. The third kappa shape index (κ3) is 7.28. The standard InChI is InChI=1S/C28H41N3O5S2/c1-20-16-31(21(2)19-32)27(33)15-23-14-24(29-38(34,35)28-10-7-13-37-28)11-12-25(23)36-26(20)18-30(3)17-22-8-5-4-6-9-22/h7,10-14,20-22,26,29,32H,4-6,8-9,15-19H2,1-3H3/t20-,21+,26+/m0/s1. The predicted molar refractivity (Wildman–Crippen MR) is 151 cm³/mol. The molecule has 2 aromatic rings. The Bertz CT molecular complexity index is 1170. The van der Waals surface area contributed by atoms with E-state index in [1.54, 1.807) is 40.6 Å². The Hall–Kier alpha value is -2.14. The van der Waals surface area contributed by atoms with E-state index in [4.69, 9.17) is 4.74 Å². The van der Waals surface area contributed by atoms with Gasteiger partial charge in [0.15, 0.2) is 0 Å². The third-order valence-corrected chi connectivity index (χ3v) is 10.5. The second-order valence-corrected chi connectivity index (χ2v) is 13.8. The Morgan fingerprint density at radius 3 is 2.66 bits per heavy atom. The van der Waals surface area contributed by atoms with E-state index in [0.717, 1.165) is 24.4 Å². The normalized spacial score (nSPS) is 22.2. The number of carbonyl (C=O) groups excluding carboxylic acids is 1. The van der Waals surface area contributed by atoms with Crippen LogP contribution in [-0.4, -0.2) is 74.7 Å². The summed E-state index contributed by atoms with van der Waals surface area (Å²) < 4.78 is 35.0. The number of hydrogen-bond donors (Lipinski definition) is 2. The topological polar surface area (TPSA) is 99.2 Å². The molecule has 1 amide bonds. The van der Waals surface area contributed by atoms with Crippen LogP contribution in [0, 0.1) is 11.8 Å². The summed E-state index contributed by atoms with van der Waals surface area (Å²) in [6, 6.07) is 8.07. The van der Waals surface area contributed by atoms with Gasteiger partial charge in [0.1, 0.15) is 16.1 Å². The second kappa shape index (κ2) is 12.8. The molecule has 210 valence electrons. The zero-order valence-corrected chi connectivity index (χ0v) is 24.3. The van der Waals surface area contributed by atoms with Crippen LogP contribution in [0.4, 0.5) is 5.69 Å². The van der Waals surface area contributed by atoms with Crippen LogP contribution in [0.15, 0.2) is 39.9 Å². The van der Waals surface area contributed by atoms with Crippen molar-refractivity contribution in [3.63, 3.8) is 0 Å². The van der Waals surface area contributed by atoms with E-state index in [1.165, 1.54) is 32.1 Å². The first-order valence-corrected chi connectivity index (χ1v) is 16.0. The number of carbonyl (C=O) groups is 1. The van der Waals surface area contributed by atoms with E-state index in [1.807, 2.05) is 6.92 Å². The molecule has 38 heavy (non-hydrogen) atoms. The molecule has 8 nitrogen and oxygen atoms in total. The van der Waals surface area contributed by atoms with Gasteiger partial charge in [-0.25, -0.2) is 8.42 Å². The summed E-state index contributed by atoms with van der Waals surface area (Å²) in [7, 11) is -1.58. The van der Waals surface area contributed by atoms with Crippen molar-refractivity contribution in [2.45, 2.75) is 68.7 Å². The molecule has 0 saturated heterocycles. The molecule has 4 rings (SSSR count). The van der Waals surface area contributed by atoms with Crippen LogP contribution in [0.3, 0.4) is 0 Å². The summed E-state index contributed by atoms with van der Waals surface area (Å²) in [5.74, 6) is 1.22. The number of sulfonamides is 1. The lowest BCUT2D eigenvalue weighted by Crippen LogP contribution is -2.48. The molecule has 10 heteroatoms. The second-order valence-electron chi connectivity index (χ2n) is 11.0. The number of rotatable bonds is 9. The van der Waals surface area contributed by atoms with Crippen molar-refractivity contribution in [3.05, 3.63) is 41.3 Å². The molecule has 0 unspecified atom stereocenters. The number of fused-ring (bicyclic) bond motifs is 1. The lowest BCUT2D eigenvalue weighted by atomic mass is 9.89. The first-order valence-electron chi connectivity index (χ1n) is 13.6. The maximum absolute atomic E-state index is 13.4. The maximum Gasteiger partial charge on any atom is 0.271 e. The van der Waals surface area contributed by atoms with Gasteiger partial charge in [-0.15, -0.1) is 11.3 Å². The summed E-state index contributed by atoms with van der Waals surface area (Å²) >= 11 is 1.15. The number of anilines is 1.